The number of aryl methyl sites for hydroxylation is 1. The third-order valence-corrected chi connectivity index (χ3v) is 5.39. The van der Waals surface area contributed by atoms with E-state index in [-0.39, 0.29) is 10.7 Å². The molecular formula is C23H20N4O3S. The quantitative estimate of drug-likeness (QED) is 0.389. The molecule has 0 atom stereocenters. The number of carbonyl (C=O) groups excluding carboxylic acids is 2. The second-order valence-corrected chi connectivity index (χ2v) is 7.42. The molecule has 0 saturated carbocycles. The van der Waals surface area contributed by atoms with Gasteiger partial charge >= 0.3 is 0 Å². The van der Waals surface area contributed by atoms with E-state index in [1.807, 2.05) is 36.6 Å². The molecule has 2 aromatic heterocycles. The normalized spacial score (nSPS) is 15.4. The summed E-state index contributed by atoms with van der Waals surface area (Å²) in [5.74, 6) is -0.349. The molecule has 1 saturated heterocycles. The van der Waals surface area contributed by atoms with Crippen molar-refractivity contribution in [1.29, 1.82) is 0 Å². The first-order chi connectivity index (χ1) is 14.9. The van der Waals surface area contributed by atoms with Gasteiger partial charge in [-0.15, -0.1) is 0 Å². The molecule has 156 valence electrons. The van der Waals surface area contributed by atoms with E-state index in [4.69, 9.17) is 17.0 Å². The van der Waals surface area contributed by atoms with E-state index < -0.39 is 11.8 Å². The monoisotopic (exact) mass is 432 g/mol. The molecule has 31 heavy (non-hydrogen) atoms. The molecule has 0 unspecified atom stereocenters. The van der Waals surface area contributed by atoms with Crippen molar-refractivity contribution in [2.75, 3.05) is 12.0 Å². The molecule has 4 rings (SSSR count). The van der Waals surface area contributed by atoms with Crippen LogP contribution in [0.4, 0.5) is 5.69 Å². The van der Waals surface area contributed by atoms with Gasteiger partial charge in [-0.25, -0.2) is 0 Å². The van der Waals surface area contributed by atoms with Crippen LogP contribution in [0.5, 0.6) is 5.75 Å². The number of hydrogen-bond acceptors (Lipinski definition) is 5. The highest BCUT2D eigenvalue weighted by atomic mass is 32.1. The number of rotatable bonds is 4. The number of hydrogen-bond donors (Lipinski definition) is 1. The smallest absolute Gasteiger partial charge is 0.270 e. The SMILES string of the molecule is COc1ccc(N2C(=O)/C(=C/c3cc(C)n(-c4cccnc4)c3C)C(=O)NC2=S)cc1. The van der Waals surface area contributed by atoms with Crippen LogP contribution in [0.1, 0.15) is 17.0 Å². The van der Waals surface area contributed by atoms with E-state index in [1.165, 1.54) is 4.90 Å². The Bertz CT molecular complexity index is 1210. The fourth-order valence-corrected chi connectivity index (χ4v) is 3.88. The Morgan fingerprint density at radius 2 is 1.84 bits per heavy atom. The summed E-state index contributed by atoms with van der Waals surface area (Å²) in [5, 5.41) is 2.65. The second-order valence-electron chi connectivity index (χ2n) is 7.03. The minimum absolute atomic E-state index is 0.0101. The topological polar surface area (TPSA) is 76.5 Å². The zero-order valence-electron chi connectivity index (χ0n) is 17.2. The van der Waals surface area contributed by atoms with Crippen LogP contribution in [0.2, 0.25) is 0 Å². The van der Waals surface area contributed by atoms with Crippen LogP contribution < -0.4 is 15.0 Å². The highest BCUT2D eigenvalue weighted by Gasteiger charge is 2.34. The van der Waals surface area contributed by atoms with Crippen LogP contribution >= 0.6 is 12.2 Å². The molecule has 0 radical (unpaired) electrons. The lowest BCUT2D eigenvalue weighted by molar-refractivity contribution is -0.122. The molecule has 0 aliphatic carbocycles. The summed E-state index contributed by atoms with van der Waals surface area (Å²) in [4.78, 5) is 31.3. The number of anilines is 1. The number of aromatic nitrogens is 2. The van der Waals surface area contributed by atoms with Crippen LogP contribution in [0.25, 0.3) is 11.8 Å². The van der Waals surface area contributed by atoms with Gasteiger partial charge < -0.3 is 9.30 Å². The molecular weight excluding hydrogens is 412 g/mol. The summed E-state index contributed by atoms with van der Waals surface area (Å²) in [6, 6.07) is 12.6. The van der Waals surface area contributed by atoms with Crippen LogP contribution in [-0.4, -0.2) is 33.6 Å². The first-order valence-corrected chi connectivity index (χ1v) is 9.96. The Balaban J connectivity index is 1.74. The summed E-state index contributed by atoms with van der Waals surface area (Å²) in [6.45, 7) is 3.90. The molecule has 1 aromatic carbocycles. The summed E-state index contributed by atoms with van der Waals surface area (Å²) in [7, 11) is 1.56. The molecule has 7 nitrogen and oxygen atoms in total. The Morgan fingerprint density at radius 1 is 1.10 bits per heavy atom. The number of ether oxygens (including phenoxy) is 1. The van der Waals surface area contributed by atoms with E-state index in [9.17, 15) is 9.59 Å². The average Bonchev–Trinajstić information content (AvgIpc) is 3.05. The maximum absolute atomic E-state index is 13.2. The molecule has 3 heterocycles. The van der Waals surface area contributed by atoms with Gasteiger partial charge in [0.05, 0.1) is 24.7 Å². The molecule has 1 aliphatic rings. The van der Waals surface area contributed by atoms with Gasteiger partial charge in [0.2, 0.25) is 0 Å². The highest BCUT2D eigenvalue weighted by Crippen LogP contribution is 2.26. The highest BCUT2D eigenvalue weighted by molar-refractivity contribution is 7.80. The maximum atomic E-state index is 13.2. The fraction of sp³-hybridized carbons (Fsp3) is 0.130. The fourth-order valence-electron chi connectivity index (χ4n) is 3.60. The van der Waals surface area contributed by atoms with Crippen molar-refractivity contribution >= 4 is 40.9 Å². The zero-order valence-corrected chi connectivity index (χ0v) is 18.1. The first kappa shape index (κ1) is 20.5. The van der Waals surface area contributed by atoms with Gasteiger partial charge in [-0.1, -0.05) is 0 Å². The number of pyridine rings is 1. The second kappa shape index (κ2) is 8.16. The van der Waals surface area contributed by atoms with Crippen molar-refractivity contribution < 1.29 is 14.3 Å². The number of nitrogens with zero attached hydrogens (tertiary/aromatic N) is 3. The lowest BCUT2D eigenvalue weighted by Crippen LogP contribution is -2.54. The number of thiocarbonyl (C=S) groups is 1. The molecule has 0 bridgehead atoms. The predicted molar refractivity (Wildman–Crippen MR) is 122 cm³/mol. The number of benzene rings is 1. The lowest BCUT2D eigenvalue weighted by Gasteiger charge is -2.29. The van der Waals surface area contributed by atoms with Crippen LogP contribution in [0.15, 0.2) is 60.4 Å². The number of amides is 2. The average molecular weight is 433 g/mol. The molecule has 1 fully saturated rings. The van der Waals surface area contributed by atoms with Crippen LogP contribution in [0.3, 0.4) is 0 Å². The van der Waals surface area contributed by atoms with Crippen molar-refractivity contribution in [2.45, 2.75) is 13.8 Å². The van der Waals surface area contributed by atoms with Gasteiger partial charge in [0, 0.05) is 17.6 Å². The Morgan fingerprint density at radius 3 is 2.48 bits per heavy atom. The van der Waals surface area contributed by atoms with Crippen molar-refractivity contribution in [3.8, 4) is 11.4 Å². The van der Waals surface area contributed by atoms with Crippen molar-refractivity contribution in [1.82, 2.24) is 14.9 Å². The molecule has 0 spiro atoms. The van der Waals surface area contributed by atoms with Crippen LogP contribution in [0, 0.1) is 13.8 Å². The van der Waals surface area contributed by atoms with Gasteiger partial charge in [0.1, 0.15) is 11.3 Å². The van der Waals surface area contributed by atoms with Gasteiger partial charge in [0.15, 0.2) is 5.11 Å². The molecule has 8 heteroatoms. The van der Waals surface area contributed by atoms with E-state index in [2.05, 4.69) is 10.3 Å². The van der Waals surface area contributed by atoms with Crippen molar-refractivity contribution in [3.05, 3.63) is 77.4 Å². The largest absolute Gasteiger partial charge is 0.497 e. The molecule has 2 amide bonds. The minimum Gasteiger partial charge on any atom is -0.497 e. The van der Waals surface area contributed by atoms with Gasteiger partial charge in [-0.3, -0.25) is 24.8 Å². The Hall–Kier alpha value is -3.78. The van der Waals surface area contributed by atoms with Gasteiger partial charge in [0.25, 0.3) is 11.8 Å². The first-order valence-electron chi connectivity index (χ1n) is 9.55. The standard InChI is InChI=1S/C23H20N4O3S/c1-14-11-16(15(2)26(14)18-5-4-10-24-13-18)12-20-21(28)25-23(31)27(22(20)29)17-6-8-19(30-3)9-7-17/h4-13H,1-3H3,(H,25,28,31)/b20-12+. The summed E-state index contributed by atoms with van der Waals surface area (Å²) in [6.07, 6.45) is 5.08. The van der Waals surface area contributed by atoms with E-state index in [0.29, 0.717) is 11.4 Å². The number of nitrogens with one attached hydrogen (secondary N) is 1. The van der Waals surface area contributed by atoms with E-state index in [1.54, 1.807) is 49.8 Å². The lowest BCUT2D eigenvalue weighted by atomic mass is 10.1. The molecule has 3 aromatic rings. The Labute approximate surface area is 185 Å². The van der Waals surface area contributed by atoms with Gasteiger partial charge in [-0.2, -0.15) is 0 Å². The third-order valence-electron chi connectivity index (χ3n) is 5.11. The van der Waals surface area contributed by atoms with Crippen LogP contribution in [-0.2, 0) is 9.59 Å². The summed E-state index contributed by atoms with van der Waals surface area (Å²) in [5.41, 5.74) is 4.08. The third kappa shape index (κ3) is 3.73. The molecule has 1 N–H and O–H groups in total. The minimum atomic E-state index is -0.522. The van der Waals surface area contributed by atoms with E-state index in [0.717, 1.165) is 22.6 Å². The summed E-state index contributed by atoms with van der Waals surface area (Å²) >= 11 is 5.26. The molecule has 1 aliphatic heterocycles. The van der Waals surface area contributed by atoms with Crippen molar-refractivity contribution in [2.24, 2.45) is 0 Å². The maximum Gasteiger partial charge on any atom is 0.270 e. The zero-order chi connectivity index (χ0) is 22.1. The predicted octanol–water partition coefficient (Wildman–Crippen LogP) is 3.33. The van der Waals surface area contributed by atoms with Crippen molar-refractivity contribution in [3.63, 3.8) is 0 Å². The summed E-state index contributed by atoms with van der Waals surface area (Å²) < 4.78 is 7.19. The van der Waals surface area contributed by atoms with E-state index >= 15 is 0 Å². The van der Waals surface area contributed by atoms with Gasteiger partial charge in [-0.05, 0) is 80.2 Å². The Kier molecular flexibility index (Phi) is 5.39. The number of carbonyl (C=O) groups is 2. The number of methoxy groups -OCH3 is 1.